The van der Waals surface area contributed by atoms with Crippen LogP contribution in [0.5, 0.6) is 0 Å². The number of rotatable bonds is 4. The van der Waals surface area contributed by atoms with Crippen LogP contribution in [0.1, 0.15) is 45.4 Å². The van der Waals surface area contributed by atoms with Crippen LogP contribution in [0.25, 0.3) is 0 Å². The summed E-state index contributed by atoms with van der Waals surface area (Å²) in [6, 6.07) is 0. The number of likely N-dealkylation sites (tertiary alicyclic amines) is 1. The quantitative estimate of drug-likeness (QED) is 0.731. The van der Waals surface area contributed by atoms with Crippen LogP contribution >= 0.6 is 0 Å². The van der Waals surface area contributed by atoms with Gasteiger partial charge in [-0.15, -0.1) is 0 Å². The van der Waals surface area contributed by atoms with Crippen molar-refractivity contribution in [2.75, 3.05) is 13.1 Å². The highest BCUT2D eigenvalue weighted by molar-refractivity contribution is 5.89. The molecule has 0 aromatic carbocycles. The topological polar surface area (TPSA) is 37.4 Å². The maximum absolute atomic E-state index is 11.8. The Hall–Kier alpha value is -0.860. The Morgan fingerprint density at radius 1 is 1.31 bits per heavy atom. The smallest absolute Gasteiger partial charge is 0.222 e. The van der Waals surface area contributed by atoms with Crippen LogP contribution in [0, 0.1) is 11.8 Å². The number of nitrogens with zero attached hydrogens (tertiary/aromatic N) is 1. The highest BCUT2D eigenvalue weighted by atomic mass is 16.2. The van der Waals surface area contributed by atoms with Gasteiger partial charge in [-0.1, -0.05) is 13.3 Å². The minimum Gasteiger partial charge on any atom is -0.335 e. The summed E-state index contributed by atoms with van der Waals surface area (Å²) in [6.45, 7) is 3.34. The van der Waals surface area contributed by atoms with Gasteiger partial charge in [0.25, 0.3) is 0 Å². The van der Waals surface area contributed by atoms with Gasteiger partial charge in [-0.05, 0) is 31.6 Å². The fourth-order valence-corrected chi connectivity index (χ4v) is 2.39. The zero-order chi connectivity index (χ0) is 11.5. The minimum atomic E-state index is 0.185. The molecule has 0 radical (unpaired) electrons. The average Bonchev–Trinajstić information content (AvgIpc) is 3.09. The largest absolute Gasteiger partial charge is 0.335 e. The zero-order valence-corrected chi connectivity index (χ0v) is 10.1. The summed E-state index contributed by atoms with van der Waals surface area (Å²) in [5, 5.41) is 0. The molecule has 0 N–H and O–H groups in total. The van der Waals surface area contributed by atoms with E-state index in [9.17, 15) is 9.59 Å². The fourth-order valence-electron chi connectivity index (χ4n) is 2.39. The van der Waals surface area contributed by atoms with Gasteiger partial charge in [-0.3, -0.25) is 9.59 Å². The summed E-state index contributed by atoms with van der Waals surface area (Å²) < 4.78 is 0. The van der Waals surface area contributed by atoms with Crippen molar-refractivity contribution >= 4 is 11.7 Å². The average molecular weight is 223 g/mol. The summed E-state index contributed by atoms with van der Waals surface area (Å²) in [4.78, 5) is 25.3. The van der Waals surface area contributed by atoms with Gasteiger partial charge in [-0.2, -0.15) is 0 Å². The van der Waals surface area contributed by atoms with Crippen LogP contribution in [0.15, 0.2) is 0 Å². The molecule has 2 aliphatic rings. The summed E-state index contributed by atoms with van der Waals surface area (Å²) in [7, 11) is 0. The van der Waals surface area contributed by atoms with Gasteiger partial charge in [0, 0.05) is 18.9 Å². The number of carbonyl (C=O) groups is 2. The standard InChI is InChI=1S/C13H21NO2/c1-2-10-3-6-13(16)14(8-7-10)9-12(15)11-4-5-11/h10-11H,2-9H2,1H3. The number of ketones is 1. The Morgan fingerprint density at radius 2 is 2.06 bits per heavy atom. The van der Waals surface area contributed by atoms with E-state index in [0.29, 0.717) is 18.9 Å². The fraction of sp³-hybridized carbons (Fsp3) is 0.846. The number of hydrogen-bond acceptors (Lipinski definition) is 2. The molecule has 3 nitrogen and oxygen atoms in total. The van der Waals surface area contributed by atoms with E-state index in [4.69, 9.17) is 0 Å². The second-order valence-corrected chi connectivity index (χ2v) is 5.16. The number of amides is 1. The van der Waals surface area contributed by atoms with Gasteiger partial charge < -0.3 is 4.90 Å². The molecule has 16 heavy (non-hydrogen) atoms. The van der Waals surface area contributed by atoms with Crippen LogP contribution in [-0.2, 0) is 9.59 Å². The Kier molecular flexibility index (Phi) is 3.62. The molecular formula is C13H21NO2. The summed E-state index contributed by atoms with van der Waals surface area (Å²) >= 11 is 0. The monoisotopic (exact) mass is 223 g/mol. The van der Waals surface area contributed by atoms with Gasteiger partial charge in [0.15, 0.2) is 5.78 Å². The molecule has 1 aliphatic heterocycles. The van der Waals surface area contributed by atoms with E-state index in [2.05, 4.69) is 6.92 Å². The molecule has 1 saturated heterocycles. The van der Waals surface area contributed by atoms with Crippen molar-refractivity contribution in [2.45, 2.75) is 45.4 Å². The van der Waals surface area contributed by atoms with Crippen LogP contribution in [0.3, 0.4) is 0 Å². The third-order valence-electron chi connectivity index (χ3n) is 3.88. The van der Waals surface area contributed by atoms with E-state index in [-0.39, 0.29) is 17.6 Å². The molecule has 90 valence electrons. The number of carbonyl (C=O) groups excluding carboxylic acids is 2. The first-order valence-electron chi connectivity index (χ1n) is 6.51. The van der Waals surface area contributed by atoms with Gasteiger partial charge in [0.2, 0.25) is 5.91 Å². The first kappa shape index (κ1) is 11.6. The van der Waals surface area contributed by atoms with Crippen molar-refractivity contribution in [1.29, 1.82) is 0 Å². The summed E-state index contributed by atoms with van der Waals surface area (Å²) in [5.74, 6) is 1.41. The highest BCUT2D eigenvalue weighted by Crippen LogP contribution is 2.30. The molecule has 1 heterocycles. The predicted octanol–water partition coefficient (Wildman–Crippen LogP) is 2.00. The maximum atomic E-state index is 11.8. The van der Waals surface area contributed by atoms with E-state index >= 15 is 0 Å². The third-order valence-corrected chi connectivity index (χ3v) is 3.88. The van der Waals surface area contributed by atoms with E-state index in [1.807, 2.05) is 0 Å². The maximum Gasteiger partial charge on any atom is 0.222 e. The van der Waals surface area contributed by atoms with E-state index in [1.54, 1.807) is 4.90 Å². The lowest BCUT2D eigenvalue weighted by Crippen LogP contribution is -2.35. The Bertz CT molecular complexity index is 284. The molecule has 1 amide bonds. The molecule has 2 rings (SSSR count). The molecule has 0 bridgehead atoms. The van der Waals surface area contributed by atoms with Crippen molar-refractivity contribution in [3.8, 4) is 0 Å². The second kappa shape index (κ2) is 4.98. The number of Topliss-reactive ketones (excluding diaryl/α,β-unsaturated/α-hetero) is 1. The van der Waals surface area contributed by atoms with Crippen molar-refractivity contribution in [3.05, 3.63) is 0 Å². The Balaban J connectivity index is 1.87. The first-order valence-corrected chi connectivity index (χ1v) is 6.51. The molecule has 0 aromatic heterocycles. The van der Waals surface area contributed by atoms with Gasteiger partial charge >= 0.3 is 0 Å². The van der Waals surface area contributed by atoms with Crippen molar-refractivity contribution in [3.63, 3.8) is 0 Å². The Labute approximate surface area is 97.2 Å². The molecule has 2 fully saturated rings. The van der Waals surface area contributed by atoms with Crippen molar-refractivity contribution < 1.29 is 9.59 Å². The molecule has 0 spiro atoms. The minimum absolute atomic E-state index is 0.185. The molecule has 1 saturated carbocycles. The van der Waals surface area contributed by atoms with Crippen molar-refractivity contribution in [1.82, 2.24) is 4.90 Å². The van der Waals surface area contributed by atoms with Crippen LogP contribution in [0.4, 0.5) is 0 Å². The second-order valence-electron chi connectivity index (χ2n) is 5.16. The summed E-state index contributed by atoms with van der Waals surface area (Å²) in [5.41, 5.74) is 0. The van der Waals surface area contributed by atoms with E-state index in [1.165, 1.54) is 0 Å². The molecular weight excluding hydrogens is 202 g/mol. The van der Waals surface area contributed by atoms with E-state index in [0.717, 1.165) is 38.6 Å². The molecule has 1 unspecified atom stereocenters. The van der Waals surface area contributed by atoms with Crippen molar-refractivity contribution in [2.24, 2.45) is 11.8 Å². The molecule has 3 heteroatoms. The number of hydrogen-bond donors (Lipinski definition) is 0. The summed E-state index contributed by atoms with van der Waals surface area (Å²) in [6.07, 6.45) is 5.94. The molecule has 1 aliphatic carbocycles. The predicted molar refractivity (Wildman–Crippen MR) is 61.9 cm³/mol. The lowest BCUT2D eigenvalue weighted by atomic mass is 9.98. The zero-order valence-electron chi connectivity index (χ0n) is 10.1. The van der Waals surface area contributed by atoms with Gasteiger partial charge in [0.1, 0.15) is 0 Å². The Morgan fingerprint density at radius 3 is 2.69 bits per heavy atom. The highest BCUT2D eigenvalue weighted by Gasteiger charge is 2.32. The van der Waals surface area contributed by atoms with Gasteiger partial charge in [-0.25, -0.2) is 0 Å². The first-order chi connectivity index (χ1) is 7.70. The van der Waals surface area contributed by atoms with Crippen LogP contribution < -0.4 is 0 Å². The van der Waals surface area contributed by atoms with Crippen LogP contribution in [0.2, 0.25) is 0 Å². The third kappa shape index (κ3) is 2.83. The van der Waals surface area contributed by atoms with E-state index < -0.39 is 0 Å². The van der Waals surface area contributed by atoms with Crippen LogP contribution in [-0.4, -0.2) is 29.7 Å². The lowest BCUT2D eigenvalue weighted by molar-refractivity contribution is -0.135. The molecule has 1 atom stereocenters. The normalized spacial score (nSPS) is 26.7. The lowest BCUT2D eigenvalue weighted by Gasteiger charge is -2.19. The molecule has 0 aromatic rings. The van der Waals surface area contributed by atoms with Gasteiger partial charge in [0.05, 0.1) is 6.54 Å². The SMILES string of the molecule is CCC1CCC(=O)N(CC(=O)C2CC2)CC1.